The van der Waals surface area contributed by atoms with Crippen molar-refractivity contribution in [2.45, 2.75) is 63.0 Å². The number of nitrogens with one attached hydrogen (secondary N) is 2. The Hall–Kier alpha value is -6.78. The zero-order valence-electron chi connectivity index (χ0n) is 31.5. The van der Waals surface area contributed by atoms with Crippen LogP contribution in [-0.4, -0.2) is 86.6 Å². The standard InChI is InChI=1S/C45H39N7O6/c53-42-12-11-41(44(54)50-42)52-24-29-17-31(7-10-36(29)45(52)55)51-25-35(26-51)56-16-2-1-3-30-6-8-32(22-47-30)57-33-19-34(20-33)58-43-13-5-28(21-48-43)27-4-9-37-38-23-46-15-14-39(38)49-40(37)18-27/h4-10,13-15,17-18,21-23,33-35,41,49H,2,11-12,16,19-20,24-26H2,(H,50,53,54)/t33-,34-,41?. The molecule has 2 aromatic carbocycles. The van der Waals surface area contributed by atoms with Gasteiger partial charge in [0.05, 0.1) is 18.9 Å². The first kappa shape index (κ1) is 35.6. The van der Waals surface area contributed by atoms with Crippen molar-refractivity contribution in [2.24, 2.45) is 0 Å². The molecule has 0 bridgehead atoms. The number of fused-ring (bicyclic) bond motifs is 4. The Morgan fingerprint density at radius 1 is 0.810 bits per heavy atom. The summed E-state index contributed by atoms with van der Waals surface area (Å²) in [4.78, 5) is 57.4. The smallest absolute Gasteiger partial charge is 0.255 e. The van der Waals surface area contributed by atoms with Crippen molar-refractivity contribution in [1.82, 2.24) is 30.2 Å². The molecular formula is C45H39N7O6. The number of anilines is 1. The van der Waals surface area contributed by atoms with E-state index in [4.69, 9.17) is 14.2 Å². The molecule has 58 heavy (non-hydrogen) atoms. The SMILES string of the molecule is O=C1CCC(N2Cc3cc(N4CC(OCCC#Cc5ccc(O[C@H]6C[C@H](Oc7ccc(-c8ccc9c(c8)[nH]c8ccncc89)cn7)C6)cn5)C4)ccc3C2=O)C(=O)N1. The van der Waals surface area contributed by atoms with Crippen LogP contribution in [0.3, 0.4) is 0 Å². The summed E-state index contributed by atoms with van der Waals surface area (Å²) in [6.07, 6.45) is 10.2. The molecule has 10 rings (SSSR count). The van der Waals surface area contributed by atoms with E-state index in [-0.39, 0.29) is 36.5 Å². The van der Waals surface area contributed by atoms with Gasteiger partial charge in [-0.25, -0.2) is 9.97 Å². The number of ether oxygens (including phenoxy) is 3. The van der Waals surface area contributed by atoms with E-state index >= 15 is 0 Å². The summed E-state index contributed by atoms with van der Waals surface area (Å²) in [5.41, 5.74) is 7.45. The predicted octanol–water partition coefficient (Wildman–Crippen LogP) is 5.57. The minimum Gasteiger partial charge on any atom is -0.489 e. The monoisotopic (exact) mass is 773 g/mol. The highest BCUT2D eigenvalue weighted by Gasteiger charge is 2.40. The molecule has 1 saturated carbocycles. The number of rotatable bonds is 10. The van der Waals surface area contributed by atoms with Crippen LogP contribution in [0.5, 0.6) is 11.6 Å². The van der Waals surface area contributed by atoms with Crippen molar-refractivity contribution in [2.75, 3.05) is 24.6 Å². The van der Waals surface area contributed by atoms with Gasteiger partial charge in [-0.3, -0.25) is 24.7 Å². The highest BCUT2D eigenvalue weighted by atomic mass is 16.5. The lowest BCUT2D eigenvalue weighted by Crippen LogP contribution is -2.52. The van der Waals surface area contributed by atoms with Crippen LogP contribution < -0.4 is 19.7 Å². The maximum Gasteiger partial charge on any atom is 0.255 e. The molecule has 7 heterocycles. The summed E-state index contributed by atoms with van der Waals surface area (Å²) in [7, 11) is 0. The van der Waals surface area contributed by atoms with E-state index in [0.717, 1.165) is 70.1 Å². The third-order valence-electron chi connectivity index (χ3n) is 11.4. The number of hydrogen-bond donors (Lipinski definition) is 2. The topological polar surface area (TPSA) is 152 Å². The number of amides is 3. The van der Waals surface area contributed by atoms with Gasteiger partial charge in [0, 0.05) is 109 Å². The predicted molar refractivity (Wildman–Crippen MR) is 215 cm³/mol. The molecule has 13 nitrogen and oxygen atoms in total. The first-order valence-electron chi connectivity index (χ1n) is 19.6. The minimum atomic E-state index is -0.614. The maximum absolute atomic E-state index is 13.0. The molecule has 290 valence electrons. The van der Waals surface area contributed by atoms with Gasteiger partial charge in [0.25, 0.3) is 5.91 Å². The van der Waals surface area contributed by atoms with Crippen molar-refractivity contribution >= 4 is 45.2 Å². The first-order chi connectivity index (χ1) is 28.4. The average molecular weight is 774 g/mol. The van der Waals surface area contributed by atoms with Crippen LogP contribution in [0.15, 0.2) is 91.5 Å². The van der Waals surface area contributed by atoms with Gasteiger partial charge in [-0.1, -0.05) is 18.1 Å². The number of benzene rings is 2. The molecule has 0 spiro atoms. The second kappa shape index (κ2) is 14.9. The Morgan fingerprint density at radius 3 is 2.52 bits per heavy atom. The summed E-state index contributed by atoms with van der Waals surface area (Å²) in [5.74, 6) is 6.72. The second-order valence-electron chi connectivity index (χ2n) is 15.2. The lowest BCUT2D eigenvalue weighted by molar-refractivity contribution is -0.136. The van der Waals surface area contributed by atoms with Gasteiger partial charge in [0.15, 0.2) is 0 Å². The Labute approximate surface area is 333 Å². The van der Waals surface area contributed by atoms with Crippen molar-refractivity contribution in [1.29, 1.82) is 0 Å². The number of piperidine rings is 1. The van der Waals surface area contributed by atoms with E-state index in [1.807, 2.05) is 60.9 Å². The summed E-state index contributed by atoms with van der Waals surface area (Å²) in [6.45, 7) is 2.39. The van der Waals surface area contributed by atoms with E-state index in [2.05, 4.69) is 60.2 Å². The fraction of sp³-hybridized carbons (Fsp3) is 0.289. The average Bonchev–Trinajstić information content (AvgIpc) is 3.74. The van der Waals surface area contributed by atoms with Crippen molar-refractivity contribution in [3.05, 3.63) is 108 Å². The lowest BCUT2D eigenvalue weighted by Gasteiger charge is -2.40. The fourth-order valence-corrected chi connectivity index (χ4v) is 8.08. The summed E-state index contributed by atoms with van der Waals surface area (Å²) in [6, 6.07) is 21.3. The third kappa shape index (κ3) is 7.07. The molecular weight excluding hydrogens is 735 g/mol. The van der Waals surface area contributed by atoms with Crippen LogP contribution >= 0.6 is 0 Å². The highest BCUT2D eigenvalue weighted by molar-refractivity contribution is 6.08. The largest absolute Gasteiger partial charge is 0.489 e. The molecule has 3 amide bonds. The molecule has 3 aliphatic heterocycles. The molecule has 0 radical (unpaired) electrons. The van der Waals surface area contributed by atoms with Gasteiger partial charge in [0.2, 0.25) is 17.7 Å². The van der Waals surface area contributed by atoms with Gasteiger partial charge in [-0.2, -0.15) is 0 Å². The van der Waals surface area contributed by atoms with Crippen LogP contribution in [0, 0.1) is 11.8 Å². The number of carbonyl (C=O) groups excluding carboxylic acids is 3. The summed E-state index contributed by atoms with van der Waals surface area (Å²) < 4.78 is 18.3. The Morgan fingerprint density at radius 2 is 1.69 bits per heavy atom. The Bertz CT molecular complexity index is 2620. The van der Waals surface area contributed by atoms with E-state index in [0.29, 0.717) is 48.9 Å². The third-order valence-corrected chi connectivity index (χ3v) is 11.4. The number of aromatic amines is 1. The number of imide groups is 1. The molecule has 2 N–H and O–H groups in total. The van der Waals surface area contributed by atoms with E-state index in [1.165, 1.54) is 0 Å². The number of nitrogens with zero attached hydrogens (tertiary/aromatic N) is 5. The molecule has 1 aliphatic carbocycles. The van der Waals surface area contributed by atoms with Gasteiger partial charge in [0.1, 0.15) is 29.7 Å². The Kier molecular flexibility index (Phi) is 9.18. The Balaban J connectivity index is 0.628. The zero-order valence-corrected chi connectivity index (χ0v) is 31.5. The van der Waals surface area contributed by atoms with Crippen molar-refractivity contribution in [3.63, 3.8) is 0 Å². The van der Waals surface area contributed by atoms with E-state index in [9.17, 15) is 14.4 Å². The number of pyridine rings is 3. The van der Waals surface area contributed by atoms with Crippen LogP contribution in [0.4, 0.5) is 5.69 Å². The molecule has 3 fully saturated rings. The van der Waals surface area contributed by atoms with E-state index in [1.54, 1.807) is 17.3 Å². The van der Waals surface area contributed by atoms with Gasteiger partial charge in [-0.15, -0.1) is 0 Å². The van der Waals surface area contributed by atoms with Crippen LogP contribution in [-0.2, 0) is 20.9 Å². The van der Waals surface area contributed by atoms with Gasteiger partial charge >= 0.3 is 0 Å². The lowest BCUT2D eigenvalue weighted by atomic mass is 9.92. The van der Waals surface area contributed by atoms with Crippen molar-refractivity contribution < 1.29 is 28.6 Å². The maximum atomic E-state index is 13.0. The van der Waals surface area contributed by atoms with Crippen LogP contribution in [0.25, 0.3) is 32.9 Å². The summed E-state index contributed by atoms with van der Waals surface area (Å²) >= 11 is 0. The molecule has 1 unspecified atom stereocenters. The van der Waals surface area contributed by atoms with Gasteiger partial charge < -0.3 is 29.0 Å². The molecule has 6 aromatic rings. The molecule has 4 aromatic heterocycles. The summed E-state index contributed by atoms with van der Waals surface area (Å²) in [5, 5.41) is 4.62. The second-order valence-corrected chi connectivity index (χ2v) is 15.2. The fourth-order valence-electron chi connectivity index (χ4n) is 8.08. The highest BCUT2D eigenvalue weighted by Crippen LogP contribution is 2.34. The van der Waals surface area contributed by atoms with Crippen molar-refractivity contribution in [3.8, 4) is 34.6 Å². The minimum absolute atomic E-state index is 0.0499. The molecule has 13 heteroatoms. The quantitative estimate of drug-likeness (QED) is 0.103. The first-order valence-corrected chi connectivity index (χ1v) is 19.6. The number of carbonyl (C=O) groups is 3. The van der Waals surface area contributed by atoms with E-state index < -0.39 is 11.9 Å². The number of H-pyrrole nitrogens is 1. The van der Waals surface area contributed by atoms with Crippen LogP contribution in [0.1, 0.15) is 53.7 Å². The molecule has 1 atom stereocenters. The van der Waals surface area contributed by atoms with Crippen LogP contribution in [0.2, 0.25) is 0 Å². The number of aromatic nitrogens is 4. The molecule has 4 aliphatic rings. The normalized spacial score (nSPS) is 20.3. The zero-order chi connectivity index (χ0) is 39.2. The van der Waals surface area contributed by atoms with Gasteiger partial charge in [-0.05, 0) is 72.0 Å². The number of hydrogen-bond acceptors (Lipinski definition) is 10. The molecule has 2 saturated heterocycles.